The van der Waals surface area contributed by atoms with Gasteiger partial charge in [-0.2, -0.15) is 0 Å². The van der Waals surface area contributed by atoms with Gasteiger partial charge in [-0.1, -0.05) is 30.0 Å². The Balaban J connectivity index is 1.33. The highest BCUT2D eigenvalue weighted by atomic mass is 32.2. The van der Waals surface area contributed by atoms with Crippen molar-refractivity contribution in [1.82, 2.24) is 14.8 Å². The molecule has 0 fully saturated rings. The molecule has 9 heteroatoms. The Hall–Kier alpha value is -3.20. The van der Waals surface area contributed by atoms with Crippen LogP contribution < -0.4 is 19.5 Å². The predicted octanol–water partition coefficient (Wildman–Crippen LogP) is 3.46. The van der Waals surface area contributed by atoms with E-state index in [1.807, 2.05) is 48.9 Å². The summed E-state index contributed by atoms with van der Waals surface area (Å²) < 4.78 is 18.8. The van der Waals surface area contributed by atoms with E-state index in [1.165, 1.54) is 11.8 Å². The summed E-state index contributed by atoms with van der Waals surface area (Å²) in [4.78, 5) is 12.4. The van der Waals surface area contributed by atoms with E-state index >= 15 is 0 Å². The van der Waals surface area contributed by atoms with Gasteiger partial charge in [-0.3, -0.25) is 4.79 Å². The molecular weight excluding hydrogens is 404 g/mol. The molecular formula is C21H22N4O4S. The van der Waals surface area contributed by atoms with E-state index < -0.39 is 0 Å². The number of hydrogen-bond donors (Lipinski definition) is 1. The highest BCUT2D eigenvalue weighted by Gasteiger charge is 2.18. The summed E-state index contributed by atoms with van der Waals surface area (Å²) in [5.74, 6) is 2.84. The molecule has 0 spiro atoms. The van der Waals surface area contributed by atoms with Crippen LogP contribution >= 0.6 is 11.8 Å². The number of thioether (sulfide) groups is 1. The van der Waals surface area contributed by atoms with Crippen molar-refractivity contribution in [3.63, 3.8) is 0 Å². The Morgan fingerprint density at radius 3 is 2.73 bits per heavy atom. The van der Waals surface area contributed by atoms with Crippen LogP contribution in [0.25, 0.3) is 0 Å². The predicted molar refractivity (Wildman–Crippen MR) is 113 cm³/mol. The van der Waals surface area contributed by atoms with Crippen molar-refractivity contribution in [3.8, 4) is 17.2 Å². The number of nitrogens with one attached hydrogen (secondary N) is 1. The molecule has 2 heterocycles. The summed E-state index contributed by atoms with van der Waals surface area (Å²) in [5, 5.41) is 11.9. The number of carbonyl (C=O) groups is 1. The minimum atomic E-state index is -0.272. The van der Waals surface area contributed by atoms with Crippen molar-refractivity contribution in [1.29, 1.82) is 0 Å². The lowest BCUT2D eigenvalue weighted by atomic mass is 10.2. The molecule has 2 aromatic carbocycles. The molecule has 0 unspecified atom stereocenters. The average Bonchev–Trinajstić information content (AvgIpc) is 3.13. The molecule has 0 bridgehead atoms. The molecule has 1 aliphatic heterocycles. The average molecular weight is 426 g/mol. The van der Waals surface area contributed by atoms with Crippen LogP contribution in [0.4, 0.5) is 5.69 Å². The number of carbonyl (C=O) groups excluding carboxylic acids is 1. The van der Waals surface area contributed by atoms with Gasteiger partial charge in [-0.25, -0.2) is 0 Å². The highest BCUT2D eigenvalue weighted by Crippen LogP contribution is 2.32. The van der Waals surface area contributed by atoms with Gasteiger partial charge in [-0.05, 0) is 31.2 Å². The van der Waals surface area contributed by atoms with E-state index in [1.54, 1.807) is 18.2 Å². The second kappa shape index (κ2) is 9.08. The summed E-state index contributed by atoms with van der Waals surface area (Å²) >= 11 is 1.31. The maximum Gasteiger partial charge on any atom is 0.234 e. The normalized spacial score (nSPS) is 13.5. The first-order valence-electron chi connectivity index (χ1n) is 9.53. The first kappa shape index (κ1) is 20.1. The highest BCUT2D eigenvalue weighted by molar-refractivity contribution is 7.99. The van der Waals surface area contributed by atoms with E-state index in [9.17, 15) is 4.79 Å². The molecule has 1 aliphatic rings. The van der Waals surface area contributed by atoms with Crippen LogP contribution in [0.2, 0.25) is 0 Å². The summed E-state index contributed by atoms with van der Waals surface area (Å²) in [5.41, 5.74) is 0.661. The zero-order valence-corrected chi connectivity index (χ0v) is 17.5. The third-order valence-corrected chi connectivity index (χ3v) is 5.47. The van der Waals surface area contributed by atoms with Crippen LogP contribution in [0.1, 0.15) is 18.9 Å². The second-order valence-corrected chi connectivity index (χ2v) is 7.61. The van der Waals surface area contributed by atoms with Crippen molar-refractivity contribution in [2.75, 3.05) is 24.3 Å². The Morgan fingerprint density at radius 1 is 1.17 bits per heavy atom. The minimum Gasteiger partial charge on any atom is -0.486 e. The van der Waals surface area contributed by atoms with Crippen LogP contribution in [0.3, 0.4) is 0 Å². The Labute approximate surface area is 178 Å². The van der Waals surface area contributed by atoms with Gasteiger partial charge in [0, 0.05) is 18.8 Å². The third-order valence-electron chi connectivity index (χ3n) is 4.45. The van der Waals surface area contributed by atoms with Gasteiger partial charge in [0.2, 0.25) is 5.91 Å². The number of aromatic nitrogens is 3. The molecule has 0 saturated heterocycles. The fourth-order valence-corrected chi connectivity index (χ4v) is 3.73. The van der Waals surface area contributed by atoms with E-state index in [4.69, 9.17) is 14.2 Å². The van der Waals surface area contributed by atoms with Gasteiger partial charge in [0.1, 0.15) is 19.0 Å². The number of para-hydroxylation sites is 1. The molecule has 156 valence electrons. The molecule has 3 aromatic rings. The second-order valence-electron chi connectivity index (χ2n) is 6.67. The van der Waals surface area contributed by atoms with E-state index in [2.05, 4.69) is 15.5 Å². The van der Waals surface area contributed by atoms with Crippen molar-refractivity contribution in [3.05, 3.63) is 54.4 Å². The quantitative estimate of drug-likeness (QED) is 0.579. The molecule has 1 amide bonds. The van der Waals surface area contributed by atoms with Gasteiger partial charge < -0.3 is 24.1 Å². The monoisotopic (exact) mass is 426 g/mol. The zero-order valence-electron chi connectivity index (χ0n) is 16.7. The zero-order chi connectivity index (χ0) is 20.9. The summed E-state index contributed by atoms with van der Waals surface area (Å²) in [7, 11) is 1.86. The third kappa shape index (κ3) is 4.68. The molecule has 1 atom stereocenters. The van der Waals surface area contributed by atoms with Gasteiger partial charge in [-0.15, -0.1) is 10.2 Å². The fraction of sp³-hybridized carbons (Fsp3) is 0.286. The summed E-state index contributed by atoms with van der Waals surface area (Å²) in [6.45, 7) is 2.95. The molecule has 8 nitrogen and oxygen atoms in total. The minimum absolute atomic E-state index is 0.144. The van der Waals surface area contributed by atoms with E-state index in [-0.39, 0.29) is 17.8 Å². The topological polar surface area (TPSA) is 87.5 Å². The molecule has 4 rings (SSSR count). The number of benzene rings is 2. The van der Waals surface area contributed by atoms with Crippen LogP contribution in [0, 0.1) is 0 Å². The number of hydrogen-bond acceptors (Lipinski definition) is 7. The van der Waals surface area contributed by atoms with Crippen LogP contribution in [-0.2, 0) is 11.8 Å². The van der Waals surface area contributed by atoms with Gasteiger partial charge in [0.05, 0.1) is 5.75 Å². The number of anilines is 1. The Kier molecular flexibility index (Phi) is 6.08. The smallest absolute Gasteiger partial charge is 0.234 e. The number of amides is 1. The van der Waals surface area contributed by atoms with E-state index in [0.717, 1.165) is 5.75 Å². The van der Waals surface area contributed by atoms with E-state index in [0.29, 0.717) is 41.4 Å². The molecule has 1 aromatic heterocycles. The fourth-order valence-electron chi connectivity index (χ4n) is 3.01. The van der Waals surface area contributed by atoms with Crippen LogP contribution in [0.15, 0.2) is 53.7 Å². The first-order chi connectivity index (χ1) is 14.6. The van der Waals surface area contributed by atoms with Gasteiger partial charge >= 0.3 is 0 Å². The Bertz CT molecular complexity index is 1030. The number of nitrogens with zero attached hydrogens (tertiary/aromatic N) is 3. The number of fused-ring (bicyclic) bond motifs is 1. The molecule has 0 saturated carbocycles. The van der Waals surface area contributed by atoms with Crippen LogP contribution in [0.5, 0.6) is 17.2 Å². The standard InChI is InChI=1S/C21H22N4O4S/c1-14(29-16-6-4-3-5-7-16)20-23-24-21(25(20)2)30-13-19(26)22-15-8-9-17-18(12-15)28-11-10-27-17/h3-9,12,14H,10-11,13H2,1-2H3,(H,22,26)/t14-/m0/s1. The number of ether oxygens (including phenoxy) is 3. The molecule has 30 heavy (non-hydrogen) atoms. The van der Waals surface area contributed by atoms with Gasteiger partial charge in [0.25, 0.3) is 0 Å². The molecule has 0 radical (unpaired) electrons. The summed E-state index contributed by atoms with van der Waals surface area (Å²) in [6.07, 6.45) is -0.272. The van der Waals surface area contributed by atoms with Crippen LogP contribution in [-0.4, -0.2) is 39.6 Å². The lowest BCUT2D eigenvalue weighted by Gasteiger charge is -2.19. The number of rotatable bonds is 7. The Morgan fingerprint density at radius 2 is 1.93 bits per heavy atom. The molecule has 0 aliphatic carbocycles. The van der Waals surface area contributed by atoms with Crippen molar-refractivity contribution >= 4 is 23.4 Å². The SMILES string of the molecule is C[C@H](Oc1ccccc1)c1nnc(SCC(=O)Nc2ccc3c(c2)OCCO3)n1C. The lowest BCUT2D eigenvalue weighted by Crippen LogP contribution is -2.17. The van der Waals surface area contributed by atoms with Gasteiger partial charge in [0.15, 0.2) is 28.6 Å². The van der Waals surface area contributed by atoms with Crippen molar-refractivity contribution in [2.45, 2.75) is 18.2 Å². The lowest BCUT2D eigenvalue weighted by molar-refractivity contribution is -0.113. The molecule has 1 N–H and O–H groups in total. The largest absolute Gasteiger partial charge is 0.486 e. The first-order valence-corrected chi connectivity index (χ1v) is 10.5. The van der Waals surface area contributed by atoms with Crippen molar-refractivity contribution < 1.29 is 19.0 Å². The van der Waals surface area contributed by atoms with Crippen molar-refractivity contribution in [2.24, 2.45) is 7.05 Å². The maximum atomic E-state index is 12.4. The summed E-state index contributed by atoms with van der Waals surface area (Å²) in [6, 6.07) is 14.9. The maximum absolute atomic E-state index is 12.4.